The normalized spacial score (nSPS) is 13.1. The summed E-state index contributed by atoms with van der Waals surface area (Å²) in [5.74, 6) is 0.153. The van der Waals surface area contributed by atoms with E-state index in [9.17, 15) is 14.4 Å². The molecule has 0 bridgehead atoms. The number of benzene rings is 1. The molecule has 0 unspecified atom stereocenters. The summed E-state index contributed by atoms with van der Waals surface area (Å²) in [4.78, 5) is 48.2. The number of carbonyl (C=O) groups excluding carboxylic acids is 2. The molecular formula is C27H34Cl2N8O4. The van der Waals surface area contributed by atoms with Crippen LogP contribution >= 0.6 is 23.2 Å². The van der Waals surface area contributed by atoms with E-state index in [0.29, 0.717) is 48.2 Å². The predicted octanol–water partition coefficient (Wildman–Crippen LogP) is 3.90. The topological polar surface area (TPSA) is 136 Å². The molecule has 2 amide bonds. The molecular weight excluding hydrogens is 571 g/mol. The summed E-state index contributed by atoms with van der Waals surface area (Å²) < 4.78 is 8.25. The van der Waals surface area contributed by atoms with Crippen molar-refractivity contribution in [1.82, 2.24) is 34.5 Å². The number of nitrogens with one attached hydrogen (secondary N) is 2. The van der Waals surface area contributed by atoms with Crippen molar-refractivity contribution >= 4 is 41.0 Å². The number of hydrogen-bond donors (Lipinski definition) is 2. The third-order valence-corrected chi connectivity index (χ3v) is 6.75. The Labute approximate surface area is 248 Å². The van der Waals surface area contributed by atoms with E-state index in [1.165, 1.54) is 12.5 Å². The van der Waals surface area contributed by atoms with E-state index in [4.69, 9.17) is 27.9 Å². The Balaban J connectivity index is 1.33. The van der Waals surface area contributed by atoms with Crippen LogP contribution in [0, 0.1) is 5.92 Å². The van der Waals surface area contributed by atoms with Gasteiger partial charge < -0.3 is 20.3 Å². The Kier molecular flexibility index (Phi) is 9.87. The molecule has 0 spiro atoms. The summed E-state index contributed by atoms with van der Waals surface area (Å²) in [7, 11) is 0. The van der Waals surface area contributed by atoms with Crippen LogP contribution in [0.15, 0.2) is 41.8 Å². The van der Waals surface area contributed by atoms with Gasteiger partial charge in [-0.1, -0.05) is 23.2 Å². The highest BCUT2D eigenvalue weighted by atomic mass is 35.5. The fraction of sp³-hybridized carbons (Fsp3) is 0.481. The maximum atomic E-state index is 13.1. The molecule has 0 saturated heterocycles. The molecule has 2 N–H and O–H groups in total. The quantitative estimate of drug-likeness (QED) is 0.297. The maximum absolute atomic E-state index is 13.1. The van der Waals surface area contributed by atoms with Crippen molar-refractivity contribution in [2.75, 3.05) is 25.0 Å². The second kappa shape index (κ2) is 13.3. The van der Waals surface area contributed by atoms with Crippen molar-refractivity contribution in [3.8, 4) is 5.69 Å². The third-order valence-electron chi connectivity index (χ3n) is 6.22. The van der Waals surface area contributed by atoms with Gasteiger partial charge in [0.2, 0.25) is 5.91 Å². The first-order chi connectivity index (χ1) is 19.5. The first kappa shape index (κ1) is 30.3. The molecule has 1 aromatic carbocycles. The zero-order valence-electron chi connectivity index (χ0n) is 23.3. The van der Waals surface area contributed by atoms with Crippen LogP contribution in [0.4, 0.5) is 10.6 Å². The van der Waals surface area contributed by atoms with Crippen LogP contribution in [-0.2, 0) is 22.6 Å². The van der Waals surface area contributed by atoms with Gasteiger partial charge in [0.1, 0.15) is 30.0 Å². The van der Waals surface area contributed by atoms with Crippen molar-refractivity contribution in [3.05, 3.63) is 63.1 Å². The lowest BCUT2D eigenvalue weighted by molar-refractivity contribution is -0.121. The second-order valence-corrected chi connectivity index (χ2v) is 11.7. The SMILES string of the molecule is CC(C)(C)OC(=O)N(CCCNc1ncc(Cl)n(CC(=O)NCc2cc(Cl)ccc2-n2cncn2)c1=O)CC1CC1. The molecule has 3 aromatic rings. The first-order valence-electron chi connectivity index (χ1n) is 13.4. The Hall–Kier alpha value is -3.64. The first-order valence-corrected chi connectivity index (χ1v) is 14.1. The summed E-state index contributed by atoms with van der Waals surface area (Å²) >= 11 is 12.4. The number of ether oxygens (including phenoxy) is 1. The number of hydrogen-bond acceptors (Lipinski definition) is 8. The average Bonchev–Trinajstić information content (AvgIpc) is 3.56. The highest BCUT2D eigenvalue weighted by molar-refractivity contribution is 6.30. The molecule has 0 atom stereocenters. The molecule has 12 nitrogen and oxygen atoms in total. The van der Waals surface area contributed by atoms with E-state index in [0.717, 1.165) is 17.4 Å². The molecule has 4 rings (SSSR count). The third kappa shape index (κ3) is 8.92. The van der Waals surface area contributed by atoms with Crippen LogP contribution in [0.25, 0.3) is 5.69 Å². The van der Waals surface area contributed by atoms with E-state index in [-0.39, 0.29) is 30.2 Å². The maximum Gasteiger partial charge on any atom is 0.410 e. The summed E-state index contributed by atoms with van der Waals surface area (Å²) in [6.07, 6.45) is 6.73. The van der Waals surface area contributed by atoms with Crippen LogP contribution in [0.3, 0.4) is 0 Å². The van der Waals surface area contributed by atoms with Crippen LogP contribution in [0.1, 0.15) is 45.6 Å². The largest absolute Gasteiger partial charge is 0.444 e. The molecule has 0 aliphatic heterocycles. The standard InChI is InChI=1S/C27H34Cl2N8O4/c1-27(2,3)41-26(40)35(14-18-5-6-18)10-4-9-31-24-25(39)36(22(29)13-33-24)15-23(38)32-12-19-11-20(28)7-8-21(19)37-17-30-16-34-37/h7-8,11,13,16-18H,4-6,9-10,12,14-15H2,1-3H3,(H,31,33)(H,32,38). The molecule has 2 heterocycles. The van der Waals surface area contributed by atoms with Gasteiger partial charge in [0, 0.05) is 31.2 Å². The van der Waals surface area contributed by atoms with Gasteiger partial charge in [0.25, 0.3) is 5.56 Å². The van der Waals surface area contributed by atoms with E-state index < -0.39 is 17.1 Å². The van der Waals surface area contributed by atoms with Crippen LogP contribution in [0.5, 0.6) is 0 Å². The fourth-order valence-electron chi connectivity index (χ4n) is 4.05. The minimum absolute atomic E-state index is 0.0299. The van der Waals surface area contributed by atoms with Gasteiger partial charge in [0.05, 0.1) is 11.9 Å². The summed E-state index contributed by atoms with van der Waals surface area (Å²) in [6.45, 7) is 6.88. The fourth-order valence-corrected chi connectivity index (χ4v) is 4.43. The van der Waals surface area contributed by atoms with Crippen LogP contribution in [0.2, 0.25) is 10.2 Å². The zero-order valence-corrected chi connectivity index (χ0v) is 24.8. The van der Waals surface area contributed by atoms with Gasteiger partial charge in [0.15, 0.2) is 5.82 Å². The lowest BCUT2D eigenvalue weighted by Gasteiger charge is -2.27. The number of halogens is 2. The Bertz CT molecular complexity index is 1420. The summed E-state index contributed by atoms with van der Waals surface area (Å²) in [5, 5.41) is 10.5. The Morgan fingerprint density at radius 3 is 2.68 bits per heavy atom. The monoisotopic (exact) mass is 604 g/mol. The lowest BCUT2D eigenvalue weighted by Crippen LogP contribution is -2.39. The number of carbonyl (C=O) groups is 2. The van der Waals surface area contributed by atoms with Gasteiger partial charge in [-0.15, -0.1) is 0 Å². The van der Waals surface area contributed by atoms with Gasteiger partial charge in [-0.3, -0.25) is 14.2 Å². The molecule has 1 fully saturated rings. The van der Waals surface area contributed by atoms with Crippen molar-refractivity contribution < 1.29 is 14.3 Å². The molecule has 220 valence electrons. The van der Waals surface area contributed by atoms with Crippen molar-refractivity contribution in [2.45, 2.75) is 58.7 Å². The zero-order chi connectivity index (χ0) is 29.6. The van der Waals surface area contributed by atoms with Gasteiger partial charge >= 0.3 is 6.09 Å². The number of nitrogens with zero attached hydrogens (tertiary/aromatic N) is 6. The molecule has 1 saturated carbocycles. The second-order valence-electron chi connectivity index (χ2n) is 10.9. The van der Waals surface area contributed by atoms with E-state index in [2.05, 4.69) is 25.7 Å². The van der Waals surface area contributed by atoms with E-state index in [1.54, 1.807) is 34.1 Å². The summed E-state index contributed by atoms with van der Waals surface area (Å²) in [6, 6.07) is 5.22. The number of rotatable bonds is 12. The Morgan fingerprint density at radius 1 is 1.22 bits per heavy atom. The lowest BCUT2D eigenvalue weighted by atomic mass is 10.1. The highest BCUT2D eigenvalue weighted by Gasteiger charge is 2.29. The van der Waals surface area contributed by atoms with Crippen LogP contribution in [-0.4, -0.2) is 66.5 Å². The van der Waals surface area contributed by atoms with Crippen molar-refractivity contribution in [1.29, 1.82) is 0 Å². The molecule has 2 aromatic heterocycles. The molecule has 0 radical (unpaired) electrons. The van der Waals surface area contributed by atoms with Gasteiger partial charge in [-0.05, 0) is 69.7 Å². The summed E-state index contributed by atoms with van der Waals surface area (Å²) in [5.41, 5.74) is 0.324. The highest BCUT2D eigenvalue weighted by Crippen LogP contribution is 2.30. The Morgan fingerprint density at radius 2 is 2.00 bits per heavy atom. The van der Waals surface area contributed by atoms with E-state index >= 15 is 0 Å². The number of aromatic nitrogens is 5. The van der Waals surface area contributed by atoms with Gasteiger partial charge in [-0.2, -0.15) is 5.10 Å². The number of amides is 2. The molecule has 14 heteroatoms. The average molecular weight is 606 g/mol. The molecule has 41 heavy (non-hydrogen) atoms. The smallest absolute Gasteiger partial charge is 0.410 e. The minimum Gasteiger partial charge on any atom is -0.444 e. The predicted molar refractivity (Wildman–Crippen MR) is 155 cm³/mol. The van der Waals surface area contributed by atoms with Gasteiger partial charge in [-0.25, -0.2) is 19.4 Å². The number of anilines is 1. The molecule has 1 aliphatic rings. The minimum atomic E-state index is -0.574. The van der Waals surface area contributed by atoms with Crippen molar-refractivity contribution in [2.24, 2.45) is 5.92 Å². The van der Waals surface area contributed by atoms with Crippen LogP contribution < -0.4 is 16.2 Å². The van der Waals surface area contributed by atoms with Crippen molar-refractivity contribution in [3.63, 3.8) is 0 Å². The molecule has 1 aliphatic carbocycles. The van der Waals surface area contributed by atoms with E-state index in [1.807, 2.05) is 20.8 Å².